The van der Waals surface area contributed by atoms with Crippen molar-refractivity contribution in [2.45, 2.75) is 43.8 Å². The van der Waals surface area contributed by atoms with Gasteiger partial charge in [0.2, 0.25) is 0 Å². The monoisotopic (exact) mass is 268 g/mol. The van der Waals surface area contributed by atoms with Gasteiger partial charge in [-0.05, 0) is 56.2 Å². The minimum Gasteiger partial charge on any atom is -0.388 e. The average Bonchev–Trinajstić information content (AvgIpc) is 2.39. The number of halogens is 2. The van der Waals surface area contributed by atoms with Crippen LogP contribution in [0.2, 0.25) is 0 Å². The minimum atomic E-state index is -0.947. The van der Waals surface area contributed by atoms with Crippen LogP contribution in [0, 0.1) is 17.6 Å². The summed E-state index contributed by atoms with van der Waals surface area (Å²) in [5, 5.41) is 10.3. The molecule has 2 nitrogen and oxygen atoms in total. The van der Waals surface area contributed by atoms with Gasteiger partial charge >= 0.3 is 0 Å². The quantitative estimate of drug-likeness (QED) is 0.891. The molecule has 2 fully saturated rings. The summed E-state index contributed by atoms with van der Waals surface area (Å²) in [7, 11) is 0. The third-order valence-corrected chi connectivity index (χ3v) is 4.52. The predicted octanol–water partition coefficient (Wildman–Crippen LogP) is 3.35. The van der Waals surface area contributed by atoms with E-state index >= 15 is 0 Å². The van der Waals surface area contributed by atoms with Crippen LogP contribution in [-0.4, -0.2) is 17.3 Å². The van der Waals surface area contributed by atoms with Gasteiger partial charge in [0.1, 0.15) is 11.6 Å². The highest BCUT2D eigenvalue weighted by Crippen LogP contribution is 2.47. The Bertz CT molecular complexity index is 471. The smallest absolute Gasteiger partial charge is 0.129 e. The Hall–Kier alpha value is -1.00. The first kappa shape index (κ1) is 13.0. The van der Waals surface area contributed by atoms with E-state index in [0.29, 0.717) is 13.0 Å². The lowest BCUT2D eigenvalue weighted by atomic mass is 9.70. The normalized spacial score (nSPS) is 27.0. The van der Waals surface area contributed by atoms with E-state index in [1.807, 2.05) is 0 Å². The van der Waals surface area contributed by atoms with Crippen molar-refractivity contribution in [2.75, 3.05) is 6.61 Å². The zero-order valence-electron chi connectivity index (χ0n) is 10.7. The van der Waals surface area contributed by atoms with E-state index < -0.39 is 17.7 Å². The summed E-state index contributed by atoms with van der Waals surface area (Å²) in [6, 6.07) is 3.25. The molecule has 0 amide bonds. The van der Waals surface area contributed by atoms with Crippen LogP contribution in [0.3, 0.4) is 0 Å². The lowest BCUT2D eigenvalue weighted by molar-refractivity contribution is -0.157. The molecule has 1 saturated heterocycles. The summed E-state index contributed by atoms with van der Waals surface area (Å²) in [6.07, 6.45) is 3.67. The molecule has 0 aromatic heterocycles. The maximum absolute atomic E-state index is 13.7. The molecule has 1 saturated carbocycles. The standard InChI is InChI=1S/C15H18F2O2/c16-11-2-3-13(17)12(8-11)14(18)10-4-7-19-15(9-10)5-1-6-15/h2-3,8,10,14,18H,1,4-7,9H2. The van der Waals surface area contributed by atoms with Crippen LogP contribution >= 0.6 is 0 Å². The van der Waals surface area contributed by atoms with Crippen molar-refractivity contribution < 1.29 is 18.6 Å². The molecule has 0 bridgehead atoms. The number of aliphatic hydroxyl groups is 1. The van der Waals surface area contributed by atoms with Crippen molar-refractivity contribution >= 4 is 0 Å². The van der Waals surface area contributed by atoms with E-state index in [9.17, 15) is 13.9 Å². The molecule has 1 aliphatic heterocycles. The first-order valence-corrected chi connectivity index (χ1v) is 6.87. The van der Waals surface area contributed by atoms with E-state index in [-0.39, 0.29) is 17.1 Å². The molecule has 3 rings (SSSR count). The van der Waals surface area contributed by atoms with E-state index in [0.717, 1.165) is 43.9 Å². The van der Waals surface area contributed by atoms with E-state index in [1.54, 1.807) is 0 Å². The van der Waals surface area contributed by atoms with Gasteiger partial charge in [-0.3, -0.25) is 0 Å². The molecule has 1 aromatic carbocycles. The number of benzene rings is 1. The van der Waals surface area contributed by atoms with Crippen molar-refractivity contribution in [3.05, 3.63) is 35.4 Å². The van der Waals surface area contributed by atoms with Crippen LogP contribution in [0.25, 0.3) is 0 Å². The highest BCUT2D eigenvalue weighted by Gasteiger charge is 2.44. The summed E-state index contributed by atoms with van der Waals surface area (Å²) < 4.78 is 32.7. The lowest BCUT2D eigenvalue weighted by Gasteiger charge is -2.48. The molecule has 4 heteroatoms. The summed E-state index contributed by atoms with van der Waals surface area (Å²) in [6.45, 7) is 0.596. The Morgan fingerprint density at radius 3 is 2.79 bits per heavy atom. The Morgan fingerprint density at radius 1 is 1.32 bits per heavy atom. The SMILES string of the molecule is OC(c1cc(F)ccc1F)C1CCOC2(CCC2)C1. The first-order valence-electron chi connectivity index (χ1n) is 6.87. The second-order valence-corrected chi connectivity index (χ2v) is 5.75. The fraction of sp³-hybridized carbons (Fsp3) is 0.600. The Balaban J connectivity index is 1.79. The summed E-state index contributed by atoms with van der Waals surface area (Å²) in [5.41, 5.74) is -0.0328. The minimum absolute atomic E-state index is 0.0506. The first-order chi connectivity index (χ1) is 9.10. The zero-order chi connectivity index (χ0) is 13.5. The largest absolute Gasteiger partial charge is 0.388 e. The maximum atomic E-state index is 13.7. The van der Waals surface area contributed by atoms with Crippen LogP contribution in [0.1, 0.15) is 43.8 Å². The molecule has 19 heavy (non-hydrogen) atoms. The third kappa shape index (κ3) is 2.39. The van der Waals surface area contributed by atoms with Crippen molar-refractivity contribution in [3.63, 3.8) is 0 Å². The molecular formula is C15H18F2O2. The van der Waals surface area contributed by atoms with E-state index in [1.165, 1.54) is 0 Å². The predicted molar refractivity (Wildman–Crippen MR) is 66.6 cm³/mol. The van der Waals surface area contributed by atoms with Gasteiger partial charge in [0.15, 0.2) is 0 Å². The van der Waals surface area contributed by atoms with E-state index in [2.05, 4.69) is 0 Å². The number of rotatable bonds is 2. The summed E-state index contributed by atoms with van der Waals surface area (Å²) >= 11 is 0. The van der Waals surface area contributed by atoms with Crippen LogP contribution in [0.4, 0.5) is 8.78 Å². The molecule has 1 aliphatic carbocycles. The second kappa shape index (κ2) is 4.84. The van der Waals surface area contributed by atoms with Gasteiger partial charge in [0.05, 0.1) is 11.7 Å². The van der Waals surface area contributed by atoms with Gasteiger partial charge in [-0.2, -0.15) is 0 Å². The van der Waals surface area contributed by atoms with Crippen LogP contribution in [0.15, 0.2) is 18.2 Å². The fourth-order valence-corrected chi connectivity index (χ4v) is 3.25. The molecule has 1 spiro atoms. The van der Waals surface area contributed by atoms with Crippen molar-refractivity contribution in [3.8, 4) is 0 Å². The molecule has 2 atom stereocenters. The average molecular weight is 268 g/mol. The number of ether oxygens (including phenoxy) is 1. The van der Waals surface area contributed by atoms with Crippen LogP contribution in [0.5, 0.6) is 0 Å². The molecule has 1 heterocycles. The van der Waals surface area contributed by atoms with Crippen molar-refractivity contribution in [1.29, 1.82) is 0 Å². The van der Waals surface area contributed by atoms with Crippen molar-refractivity contribution in [2.24, 2.45) is 5.92 Å². The Labute approximate surface area is 111 Å². The van der Waals surface area contributed by atoms with Gasteiger partial charge in [-0.25, -0.2) is 8.78 Å². The Kier molecular flexibility index (Phi) is 3.31. The number of aliphatic hydroxyl groups excluding tert-OH is 1. The molecule has 0 radical (unpaired) electrons. The highest BCUT2D eigenvalue weighted by molar-refractivity contribution is 5.22. The molecule has 1 N–H and O–H groups in total. The van der Waals surface area contributed by atoms with Gasteiger partial charge in [0.25, 0.3) is 0 Å². The molecule has 2 unspecified atom stereocenters. The number of hydrogen-bond acceptors (Lipinski definition) is 2. The van der Waals surface area contributed by atoms with Gasteiger partial charge in [-0.15, -0.1) is 0 Å². The number of hydrogen-bond donors (Lipinski definition) is 1. The molecular weight excluding hydrogens is 250 g/mol. The summed E-state index contributed by atoms with van der Waals surface area (Å²) in [5.74, 6) is -1.10. The molecule has 104 valence electrons. The van der Waals surface area contributed by atoms with Gasteiger partial charge < -0.3 is 9.84 Å². The summed E-state index contributed by atoms with van der Waals surface area (Å²) in [4.78, 5) is 0. The van der Waals surface area contributed by atoms with Gasteiger partial charge in [0, 0.05) is 12.2 Å². The fourth-order valence-electron chi connectivity index (χ4n) is 3.25. The van der Waals surface area contributed by atoms with Crippen molar-refractivity contribution in [1.82, 2.24) is 0 Å². The van der Waals surface area contributed by atoms with Crippen LogP contribution < -0.4 is 0 Å². The molecule has 1 aromatic rings. The third-order valence-electron chi connectivity index (χ3n) is 4.52. The van der Waals surface area contributed by atoms with Crippen LogP contribution in [-0.2, 0) is 4.74 Å². The Morgan fingerprint density at radius 2 is 2.11 bits per heavy atom. The zero-order valence-corrected chi connectivity index (χ0v) is 10.7. The lowest BCUT2D eigenvalue weighted by Crippen LogP contribution is -2.46. The van der Waals surface area contributed by atoms with E-state index in [4.69, 9.17) is 4.74 Å². The topological polar surface area (TPSA) is 29.5 Å². The van der Waals surface area contributed by atoms with Gasteiger partial charge in [-0.1, -0.05) is 0 Å². The highest BCUT2D eigenvalue weighted by atomic mass is 19.1. The maximum Gasteiger partial charge on any atom is 0.129 e. The second-order valence-electron chi connectivity index (χ2n) is 5.75. The molecule has 2 aliphatic rings.